The largest absolute Gasteiger partial charge is 0.450 e. The van der Waals surface area contributed by atoms with Gasteiger partial charge in [-0.25, -0.2) is 4.79 Å². The highest BCUT2D eigenvalue weighted by Gasteiger charge is 2.27. The number of ether oxygens (including phenoxy) is 2. The van der Waals surface area contributed by atoms with Gasteiger partial charge in [-0.2, -0.15) is 5.26 Å². The van der Waals surface area contributed by atoms with Crippen molar-refractivity contribution in [1.82, 2.24) is 9.55 Å². The van der Waals surface area contributed by atoms with Crippen LogP contribution in [0.2, 0.25) is 0 Å². The lowest BCUT2D eigenvalue weighted by Crippen LogP contribution is -2.26. The number of hydrogen-bond donors (Lipinski definition) is 1. The number of carbonyl (C=O) groups is 3. The summed E-state index contributed by atoms with van der Waals surface area (Å²) in [7, 11) is 1.62. The average Bonchev–Trinajstić information content (AvgIpc) is 3.17. The minimum absolute atomic E-state index is 0.155. The molecule has 0 aliphatic rings. The molecule has 1 unspecified atom stereocenters. The van der Waals surface area contributed by atoms with Gasteiger partial charge in [0.05, 0.1) is 12.3 Å². The number of aryl methyl sites for hydroxylation is 2. The molecule has 0 spiro atoms. The van der Waals surface area contributed by atoms with Crippen molar-refractivity contribution in [3.63, 3.8) is 0 Å². The Bertz CT molecular complexity index is 1130. The molecule has 8 nitrogen and oxygen atoms in total. The quantitative estimate of drug-likeness (QED) is 0.276. The van der Waals surface area contributed by atoms with E-state index < -0.39 is 17.9 Å². The second-order valence-electron chi connectivity index (χ2n) is 7.73. The molecule has 0 fully saturated rings. The number of esters is 1. The third-order valence-electron chi connectivity index (χ3n) is 5.46. The maximum absolute atomic E-state index is 12.8. The number of Topliss-reactive ketones (excluding diaryl/α,β-unsaturated/α-hetero) is 2. The molecule has 170 valence electrons. The second kappa shape index (κ2) is 10.2. The zero-order chi connectivity index (χ0) is 24.2. The summed E-state index contributed by atoms with van der Waals surface area (Å²) in [6, 6.07) is 3.74. The van der Waals surface area contributed by atoms with Crippen LogP contribution in [0.5, 0.6) is 0 Å². The summed E-state index contributed by atoms with van der Waals surface area (Å²) in [4.78, 5) is 40.2. The van der Waals surface area contributed by atoms with Crippen LogP contribution in [-0.4, -0.2) is 46.9 Å². The van der Waals surface area contributed by atoms with E-state index in [2.05, 4.69) is 4.98 Å². The third-order valence-corrected chi connectivity index (χ3v) is 5.46. The maximum Gasteiger partial charge on any atom is 0.349 e. The summed E-state index contributed by atoms with van der Waals surface area (Å²) in [6.07, 6.45) is 0.327. The molecule has 2 rings (SSSR count). The van der Waals surface area contributed by atoms with Gasteiger partial charge in [-0.05, 0) is 64.8 Å². The Morgan fingerprint density at radius 3 is 2.44 bits per heavy atom. The Hall–Kier alpha value is -3.44. The molecule has 2 aromatic heterocycles. The number of carbonyl (C=O) groups excluding carboxylic acids is 3. The maximum atomic E-state index is 12.8. The van der Waals surface area contributed by atoms with Crippen LogP contribution in [0, 0.1) is 39.0 Å². The predicted octanol–water partition coefficient (Wildman–Crippen LogP) is 3.62. The Morgan fingerprint density at radius 2 is 1.91 bits per heavy atom. The normalized spacial score (nSPS) is 12.4. The van der Waals surface area contributed by atoms with E-state index in [1.165, 1.54) is 19.9 Å². The van der Waals surface area contributed by atoms with Crippen LogP contribution in [0.15, 0.2) is 11.6 Å². The molecule has 1 N–H and O–H groups in total. The number of methoxy groups -OCH3 is 1. The first-order chi connectivity index (χ1) is 15.0. The molecule has 0 amide bonds. The van der Waals surface area contributed by atoms with E-state index >= 15 is 0 Å². The van der Waals surface area contributed by atoms with Crippen molar-refractivity contribution in [2.75, 3.05) is 13.7 Å². The van der Waals surface area contributed by atoms with Crippen LogP contribution in [0.3, 0.4) is 0 Å². The third kappa shape index (κ3) is 5.06. The van der Waals surface area contributed by atoms with Gasteiger partial charge in [-0.3, -0.25) is 9.59 Å². The summed E-state index contributed by atoms with van der Waals surface area (Å²) in [5.74, 6) is -1.51. The second-order valence-corrected chi connectivity index (χ2v) is 7.73. The first-order valence-corrected chi connectivity index (χ1v) is 10.3. The molecule has 0 radical (unpaired) electrons. The molecule has 0 saturated carbocycles. The number of ketones is 2. The van der Waals surface area contributed by atoms with Gasteiger partial charge in [-0.15, -0.1) is 0 Å². The van der Waals surface area contributed by atoms with Gasteiger partial charge >= 0.3 is 5.97 Å². The first-order valence-electron chi connectivity index (χ1n) is 10.3. The van der Waals surface area contributed by atoms with Crippen LogP contribution < -0.4 is 0 Å². The number of nitriles is 1. The van der Waals surface area contributed by atoms with Crippen LogP contribution in [0.25, 0.3) is 6.08 Å². The van der Waals surface area contributed by atoms with E-state index in [-0.39, 0.29) is 17.1 Å². The number of aromatic amines is 1. The molecular formula is C24H29N3O5. The highest BCUT2D eigenvalue weighted by molar-refractivity contribution is 6.06. The number of nitrogens with one attached hydrogen (secondary N) is 1. The Kier molecular flexibility index (Phi) is 7.95. The summed E-state index contributed by atoms with van der Waals surface area (Å²) in [5.41, 5.74) is 4.14. The smallest absolute Gasteiger partial charge is 0.349 e. The highest BCUT2D eigenvalue weighted by Crippen LogP contribution is 2.22. The number of rotatable bonds is 9. The molecule has 2 heterocycles. The van der Waals surface area contributed by atoms with E-state index in [1.807, 2.05) is 30.6 Å². The SMILES string of the molecule is COCCn1c(C)cc(/C=C(\C#N)C(=O)OC(C)C(=O)c2[nH]c(C)c(C(C)=O)c2C)c1C. The summed E-state index contributed by atoms with van der Waals surface area (Å²) in [5, 5.41) is 9.51. The van der Waals surface area contributed by atoms with Crippen LogP contribution in [-0.2, 0) is 20.8 Å². The van der Waals surface area contributed by atoms with Gasteiger partial charge in [0.15, 0.2) is 11.9 Å². The van der Waals surface area contributed by atoms with Gasteiger partial charge in [-0.1, -0.05) is 0 Å². The van der Waals surface area contributed by atoms with E-state index in [0.717, 1.165) is 11.4 Å². The molecule has 0 aromatic carbocycles. The number of H-pyrrole nitrogens is 1. The molecule has 32 heavy (non-hydrogen) atoms. The summed E-state index contributed by atoms with van der Waals surface area (Å²) >= 11 is 0. The fourth-order valence-corrected chi connectivity index (χ4v) is 3.80. The molecule has 0 aliphatic heterocycles. The Balaban J connectivity index is 2.24. The van der Waals surface area contributed by atoms with Crippen molar-refractivity contribution in [1.29, 1.82) is 5.26 Å². The minimum Gasteiger partial charge on any atom is -0.450 e. The summed E-state index contributed by atoms with van der Waals surface area (Å²) in [6.45, 7) is 11.3. The van der Waals surface area contributed by atoms with Gasteiger partial charge < -0.3 is 19.0 Å². The monoisotopic (exact) mass is 439 g/mol. The van der Waals surface area contributed by atoms with Crippen molar-refractivity contribution < 1.29 is 23.9 Å². The van der Waals surface area contributed by atoms with Crippen LogP contribution >= 0.6 is 0 Å². The lowest BCUT2D eigenvalue weighted by molar-refractivity contribution is -0.141. The molecule has 0 aliphatic carbocycles. The van der Waals surface area contributed by atoms with Gasteiger partial charge in [0.25, 0.3) is 0 Å². The highest BCUT2D eigenvalue weighted by atomic mass is 16.5. The van der Waals surface area contributed by atoms with Crippen molar-refractivity contribution in [2.24, 2.45) is 0 Å². The fraction of sp³-hybridized carbons (Fsp3) is 0.417. The van der Waals surface area contributed by atoms with E-state index in [9.17, 15) is 19.6 Å². The first kappa shape index (κ1) is 24.8. The fourth-order valence-electron chi connectivity index (χ4n) is 3.80. The van der Waals surface area contributed by atoms with E-state index in [0.29, 0.717) is 35.5 Å². The lowest BCUT2D eigenvalue weighted by atomic mass is 10.0. The van der Waals surface area contributed by atoms with Crippen LogP contribution in [0.4, 0.5) is 0 Å². The molecular weight excluding hydrogens is 410 g/mol. The predicted molar refractivity (Wildman–Crippen MR) is 120 cm³/mol. The zero-order valence-electron chi connectivity index (χ0n) is 19.6. The van der Waals surface area contributed by atoms with E-state index in [4.69, 9.17) is 9.47 Å². The standard InChI is InChI=1S/C24H29N3O5/c1-13-10-19(16(4)27(13)8-9-31-7)11-20(12-25)24(30)32-18(6)23(29)22-14(2)21(17(5)28)15(3)26-22/h10-11,18,26H,8-9H2,1-7H3/b20-11+. The molecule has 0 bridgehead atoms. The average molecular weight is 440 g/mol. The van der Waals surface area contributed by atoms with E-state index in [1.54, 1.807) is 21.0 Å². The number of nitrogens with zero attached hydrogens (tertiary/aromatic N) is 2. The molecule has 0 saturated heterocycles. The zero-order valence-corrected chi connectivity index (χ0v) is 19.6. The lowest BCUT2D eigenvalue weighted by Gasteiger charge is -2.12. The Morgan fingerprint density at radius 1 is 1.25 bits per heavy atom. The molecule has 8 heteroatoms. The number of aromatic nitrogens is 2. The van der Waals surface area contributed by atoms with Gasteiger partial charge in [0.1, 0.15) is 11.6 Å². The van der Waals surface area contributed by atoms with Crippen molar-refractivity contribution >= 4 is 23.6 Å². The number of hydrogen-bond acceptors (Lipinski definition) is 6. The molecule has 2 aromatic rings. The minimum atomic E-state index is -1.13. The van der Waals surface area contributed by atoms with Crippen LogP contribution in [0.1, 0.15) is 62.9 Å². The van der Waals surface area contributed by atoms with Crippen molar-refractivity contribution in [2.45, 2.75) is 54.2 Å². The molecule has 1 atom stereocenters. The van der Waals surface area contributed by atoms with Crippen molar-refractivity contribution in [3.05, 3.63) is 51.1 Å². The van der Waals surface area contributed by atoms with Crippen molar-refractivity contribution in [3.8, 4) is 6.07 Å². The summed E-state index contributed by atoms with van der Waals surface area (Å²) < 4.78 is 12.4. The Labute approximate surface area is 187 Å². The van der Waals surface area contributed by atoms with Gasteiger partial charge in [0, 0.05) is 36.3 Å². The topological polar surface area (TPSA) is 114 Å². The van der Waals surface area contributed by atoms with Gasteiger partial charge in [0.2, 0.25) is 5.78 Å².